The maximum Gasteiger partial charge on any atom is 0.352 e. The fourth-order valence-electron chi connectivity index (χ4n) is 1.78. The SMILES string of the molecule is O=C(O)c1cccn1CC1CCCO1. The van der Waals surface area contributed by atoms with Gasteiger partial charge in [0.2, 0.25) is 0 Å². The molecule has 2 heterocycles. The maximum atomic E-state index is 10.8. The van der Waals surface area contributed by atoms with Crippen molar-refractivity contribution in [1.29, 1.82) is 0 Å². The first kappa shape index (κ1) is 9.27. The van der Waals surface area contributed by atoms with E-state index in [1.807, 2.05) is 0 Å². The Balaban J connectivity index is 2.07. The molecule has 14 heavy (non-hydrogen) atoms. The molecule has 0 bridgehead atoms. The predicted molar refractivity (Wildman–Crippen MR) is 50.4 cm³/mol. The van der Waals surface area contributed by atoms with Gasteiger partial charge in [-0.1, -0.05) is 0 Å². The van der Waals surface area contributed by atoms with Crippen LogP contribution in [0.5, 0.6) is 0 Å². The van der Waals surface area contributed by atoms with Crippen LogP contribution in [0.2, 0.25) is 0 Å². The molecule has 0 spiro atoms. The van der Waals surface area contributed by atoms with Crippen LogP contribution >= 0.6 is 0 Å². The summed E-state index contributed by atoms with van der Waals surface area (Å²) in [7, 11) is 0. The first-order valence-electron chi connectivity index (χ1n) is 4.77. The van der Waals surface area contributed by atoms with E-state index >= 15 is 0 Å². The van der Waals surface area contributed by atoms with Gasteiger partial charge in [-0.15, -0.1) is 0 Å². The smallest absolute Gasteiger partial charge is 0.352 e. The van der Waals surface area contributed by atoms with Crippen LogP contribution in [0.15, 0.2) is 18.3 Å². The standard InChI is InChI=1S/C10H13NO3/c12-10(13)9-4-1-5-11(9)7-8-3-2-6-14-8/h1,4-5,8H,2-3,6-7H2,(H,12,13). The zero-order valence-corrected chi connectivity index (χ0v) is 7.85. The summed E-state index contributed by atoms with van der Waals surface area (Å²) in [5.41, 5.74) is 0.334. The Morgan fingerprint density at radius 1 is 1.71 bits per heavy atom. The Hall–Kier alpha value is -1.29. The minimum atomic E-state index is -0.881. The van der Waals surface area contributed by atoms with Gasteiger partial charge < -0.3 is 14.4 Å². The third-order valence-corrected chi connectivity index (χ3v) is 2.47. The van der Waals surface area contributed by atoms with Crippen molar-refractivity contribution in [2.45, 2.75) is 25.5 Å². The molecule has 1 fully saturated rings. The molecule has 1 aliphatic rings. The lowest BCUT2D eigenvalue weighted by atomic mass is 10.2. The van der Waals surface area contributed by atoms with Crippen molar-refractivity contribution >= 4 is 5.97 Å². The maximum absolute atomic E-state index is 10.8. The lowest BCUT2D eigenvalue weighted by Crippen LogP contribution is -2.17. The summed E-state index contributed by atoms with van der Waals surface area (Å²) >= 11 is 0. The molecule has 0 saturated carbocycles. The number of hydrogen-bond donors (Lipinski definition) is 1. The number of carboxylic acids is 1. The van der Waals surface area contributed by atoms with E-state index in [1.165, 1.54) is 0 Å². The third-order valence-electron chi connectivity index (χ3n) is 2.47. The van der Waals surface area contributed by atoms with Crippen LogP contribution in [-0.2, 0) is 11.3 Å². The van der Waals surface area contributed by atoms with Crippen LogP contribution < -0.4 is 0 Å². The first-order valence-corrected chi connectivity index (χ1v) is 4.77. The van der Waals surface area contributed by atoms with Gasteiger partial charge in [-0.2, -0.15) is 0 Å². The van der Waals surface area contributed by atoms with E-state index in [4.69, 9.17) is 9.84 Å². The second-order valence-corrected chi connectivity index (χ2v) is 3.49. The highest BCUT2D eigenvalue weighted by atomic mass is 16.5. The molecular formula is C10H13NO3. The largest absolute Gasteiger partial charge is 0.477 e. The number of carbonyl (C=O) groups is 1. The molecule has 76 valence electrons. The summed E-state index contributed by atoms with van der Waals surface area (Å²) in [4.78, 5) is 10.8. The van der Waals surface area contributed by atoms with Crippen molar-refractivity contribution in [3.05, 3.63) is 24.0 Å². The number of hydrogen-bond acceptors (Lipinski definition) is 2. The van der Waals surface area contributed by atoms with E-state index in [9.17, 15) is 4.79 Å². The average molecular weight is 195 g/mol. The molecular weight excluding hydrogens is 182 g/mol. The van der Waals surface area contributed by atoms with Gasteiger partial charge in [-0.05, 0) is 25.0 Å². The van der Waals surface area contributed by atoms with Crippen LogP contribution in [0, 0.1) is 0 Å². The molecule has 0 aromatic carbocycles. The Labute approximate surface area is 82.1 Å². The first-order chi connectivity index (χ1) is 6.77. The van der Waals surface area contributed by atoms with Crippen molar-refractivity contribution in [3.63, 3.8) is 0 Å². The quantitative estimate of drug-likeness (QED) is 0.792. The van der Waals surface area contributed by atoms with E-state index in [-0.39, 0.29) is 6.10 Å². The second kappa shape index (κ2) is 3.84. The average Bonchev–Trinajstić information content (AvgIpc) is 2.75. The fourth-order valence-corrected chi connectivity index (χ4v) is 1.78. The zero-order chi connectivity index (χ0) is 9.97. The van der Waals surface area contributed by atoms with Crippen molar-refractivity contribution in [1.82, 2.24) is 4.57 Å². The number of aromatic nitrogens is 1. The van der Waals surface area contributed by atoms with Crippen molar-refractivity contribution in [2.75, 3.05) is 6.61 Å². The summed E-state index contributed by atoms with van der Waals surface area (Å²) in [6.45, 7) is 1.45. The van der Waals surface area contributed by atoms with Crippen LogP contribution in [0.25, 0.3) is 0 Å². The molecule has 4 heteroatoms. The molecule has 4 nitrogen and oxygen atoms in total. The van der Waals surface area contributed by atoms with Crippen molar-refractivity contribution in [3.8, 4) is 0 Å². The van der Waals surface area contributed by atoms with Gasteiger partial charge in [0.25, 0.3) is 0 Å². The van der Waals surface area contributed by atoms with Crippen LogP contribution in [-0.4, -0.2) is 28.4 Å². The van der Waals surface area contributed by atoms with Gasteiger partial charge in [0, 0.05) is 19.3 Å². The molecule has 1 aromatic heterocycles. The highest BCUT2D eigenvalue weighted by molar-refractivity contribution is 5.85. The minimum absolute atomic E-state index is 0.181. The highest BCUT2D eigenvalue weighted by Crippen LogP contribution is 2.15. The zero-order valence-electron chi connectivity index (χ0n) is 7.85. The Morgan fingerprint density at radius 3 is 3.21 bits per heavy atom. The molecule has 2 rings (SSSR count). The Morgan fingerprint density at radius 2 is 2.57 bits per heavy atom. The molecule has 1 unspecified atom stereocenters. The number of ether oxygens (including phenoxy) is 1. The van der Waals surface area contributed by atoms with Gasteiger partial charge >= 0.3 is 5.97 Å². The fraction of sp³-hybridized carbons (Fsp3) is 0.500. The lowest BCUT2D eigenvalue weighted by molar-refractivity contribution is 0.0671. The topological polar surface area (TPSA) is 51.5 Å². The van der Waals surface area contributed by atoms with Crippen molar-refractivity contribution in [2.24, 2.45) is 0 Å². The summed E-state index contributed by atoms with van der Waals surface area (Å²) < 4.78 is 7.18. The molecule has 1 aromatic rings. The molecule has 0 amide bonds. The summed E-state index contributed by atoms with van der Waals surface area (Å²) in [5.74, 6) is -0.881. The lowest BCUT2D eigenvalue weighted by Gasteiger charge is -2.11. The highest BCUT2D eigenvalue weighted by Gasteiger charge is 2.18. The van der Waals surface area contributed by atoms with E-state index in [0.29, 0.717) is 12.2 Å². The minimum Gasteiger partial charge on any atom is -0.477 e. The van der Waals surface area contributed by atoms with Gasteiger partial charge in [0.15, 0.2) is 0 Å². The second-order valence-electron chi connectivity index (χ2n) is 3.49. The summed E-state index contributed by atoms with van der Waals surface area (Å²) in [6, 6.07) is 3.36. The Kier molecular flexibility index (Phi) is 2.54. The van der Waals surface area contributed by atoms with Gasteiger partial charge in [0.05, 0.1) is 6.10 Å². The Bertz CT molecular complexity index is 326. The normalized spacial score (nSPS) is 21.3. The van der Waals surface area contributed by atoms with E-state index in [1.54, 1.807) is 22.9 Å². The molecule has 1 N–H and O–H groups in total. The van der Waals surface area contributed by atoms with Crippen LogP contribution in [0.3, 0.4) is 0 Å². The summed E-state index contributed by atoms with van der Waals surface area (Å²) in [5, 5.41) is 8.87. The van der Waals surface area contributed by atoms with Gasteiger partial charge in [-0.25, -0.2) is 4.79 Å². The van der Waals surface area contributed by atoms with E-state index in [2.05, 4.69) is 0 Å². The van der Waals surface area contributed by atoms with Crippen LogP contribution in [0.1, 0.15) is 23.3 Å². The number of nitrogens with zero attached hydrogens (tertiary/aromatic N) is 1. The monoisotopic (exact) mass is 195 g/mol. The number of carboxylic acid groups (broad SMARTS) is 1. The van der Waals surface area contributed by atoms with Crippen LogP contribution in [0.4, 0.5) is 0 Å². The number of rotatable bonds is 3. The third kappa shape index (κ3) is 1.80. The molecule has 0 radical (unpaired) electrons. The van der Waals surface area contributed by atoms with E-state index in [0.717, 1.165) is 19.4 Å². The van der Waals surface area contributed by atoms with Gasteiger partial charge in [0.1, 0.15) is 5.69 Å². The summed E-state index contributed by atoms with van der Waals surface area (Å²) in [6.07, 6.45) is 4.07. The molecule has 0 aliphatic carbocycles. The molecule has 1 atom stereocenters. The van der Waals surface area contributed by atoms with Crippen molar-refractivity contribution < 1.29 is 14.6 Å². The van der Waals surface area contributed by atoms with E-state index < -0.39 is 5.97 Å². The number of aromatic carboxylic acids is 1. The molecule has 1 saturated heterocycles. The predicted octanol–water partition coefficient (Wildman–Crippen LogP) is 1.37. The molecule has 1 aliphatic heterocycles. The van der Waals surface area contributed by atoms with Gasteiger partial charge in [-0.3, -0.25) is 0 Å².